The van der Waals surface area contributed by atoms with Gasteiger partial charge >= 0.3 is 5.69 Å². The SMILES string of the molecule is C=CC(=O)C1CCC[C@@H](n2nc(-c3ccc(Oc4ccccc4)cc3)c(C(N)=O)c2N)C1.C=CC(=O)N1CCC[C@@H](n2nc(-c3ccc(Oc4ccccc4)cc3)c3c(N)ncnc32)C1.CC#CC(=O)N1CC[C@@H](n2c(=O)n(-c3ccc(Oc4ccccc4)cc3)c3c(N)ncnc32)C1. The predicted octanol–water partition coefficient (Wildman–Crippen LogP) is 11.5. The number of allylic oxidation sites excluding steroid dienone is 1. The number of benzene rings is 6. The van der Waals surface area contributed by atoms with E-state index in [0.29, 0.717) is 101 Å². The molecule has 1 saturated carbocycles. The van der Waals surface area contributed by atoms with E-state index in [1.165, 1.54) is 29.4 Å². The van der Waals surface area contributed by atoms with Crippen molar-refractivity contribution in [1.82, 2.24) is 58.4 Å². The number of nitrogens with zero attached hydrogens (tertiary/aromatic N) is 12. The van der Waals surface area contributed by atoms with Gasteiger partial charge in [-0.25, -0.2) is 34.1 Å². The van der Waals surface area contributed by atoms with Gasteiger partial charge in [0.05, 0.1) is 29.2 Å². The molecule has 2 aliphatic heterocycles. The number of nitrogens with two attached hydrogens (primary N) is 4. The average molecular weight is 1330 g/mol. The van der Waals surface area contributed by atoms with Crippen molar-refractivity contribution in [3.63, 3.8) is 0 Å². The molecule has 5 aromatic heterocycles. The van der Waals surface area contributed by atoms with E-state index in [2.05, 4.69) is 50.0 Å². The highest BCUT2D eigenvalue weighted by molar-refractivity contribution is 6.03. The Labute approximate surface area is 569 Å². The molecule has 8 N–H and O–H groups in total. The van der Waals surface area contributed by atoms with Crippen molar-refractivity contribution in [3.05, 3.63) is 218 Å². The molecule has 11 aromatic rings. The van der Waals surface area contributed by atoms with Crippen LogP contribution in [0.3, 0.4) is 0 Å². The summed E-state index contributed by atoms with van der Waals surface area (Å²) in [5, 5.41) is 10.3. The summed E-state index contributed by atoms with van der Waals surface area (Å²) in [7, 11) is 0. The van der Waals surface area contributed by atoms with Gasteiger partial charge in [0.15, 0.2) is 22.9 Å². The quantitative estimate of drug-likeness (QED) is 0.0516. The van der Waals surface area contributed by atoms with E-state index in [1.807, 2.05) is 144 Å². The Hall–Kier alpha value is -12.7. The van der Waals surface area contributed by atoms with Gasteiger partial charge in [-0.15, -0.1) is 0 Å². The van der Waals surface area contributed by atoms with E-state index < -0.39 is 5.91 Å². The summed E-state index contributed by atoms with van der Waals surface area (Å²) in [6.07, 6.45) is 11.0. The van der Waals surface area contributed by atoms with Crippen LogP contribution in [0.5, 0.6) is 34.5 Å². The second-order valence-electron chi connectivity index (χ2n) is 23.9. The highest BCUT2D eigenvalue weighted by atomic mass is 16.5. The molecular weight excluding hydrogens is 1250 g/mol. The molecule has 3 fully saturated rings. The van der Waals surface area contributed by atoms with Gasteiger partial charge in [-0.3, -0.25) is 28.3 Å². The number of hydrogen-bond acceptors (Lipinski definition) is 17. The first kappa shape index (κ1) is 66.4. The Bertz CT molecular complexity index is 4890. The zero-order chi connectivity index (χ0) is 69.1. The molecule has 1 unspecified atom stereocenters. The van der Waals surface area contributed by atoms with E-state index in [1.54, 1.807) is 50.2 Å². The standard InChI is InChI=1S/C25H22N6O3.C25H24N6O2.C25H26N4O3/c1-2-6-21(32)29-14-13-18(15-29)31-24-22(23(26)27-16-28-24)30(25(31)33)17-9-11-20(12-10-17)34-19-7-4-3-5-8-19;1-2-21(32)30-14-6-7-18(15-30)31-25-22(24(26)27-16-28-25)23(29-31)17-10-12-20(13-11-17)33-19-8-4-3-5-9-19;1-2-21(30)17-7-6-8-18(15-17)29-24(26)22(25(27)31)23(28-29)16-11-13-20(14-12-16)32-19-9-4-3-5-10-19/h3-5,7-12,16,18H,13-15H2,1H3,(H2,26,27,28);2-5,8-13,16,18H,1,6-7,14-15H2,(H2,26,27,28);2-5,9-14,17-18H,1,6-8,15,26H2,(H2,27,31)/t2*18-;17?,18-/m111/s1. The Balaban J connectivity index is 0.000000141. The summed E-state index contributed by atoms with van der Waals surface area (Å²) < 4.78 is 24.3. The summed E-state index contributed by atoms with van der Waals surface area (Å²) >= 11 is 0. The molecule has 2 saturated heterocycles. The predicted molar refractivity (Wildman–Crippen MR) is 378 cm³/mol. The van der Waals surface area contributed by atoms with Gasteiger partial charge < -0.3 is 46.9 Å². The lowest BCUT2D eigenvalue weighted by Crippen LogP contribution is -2.40. The topological polar surface area (TPSA) is 321 Å². The molecule has 14 rings (SSSR count). The maximum atomic E-state index is 13.6. The van der Waals surface area contributed by atoms with E-state index >= 15 is 0 Å². The lowest BCUT2D eigenvalue weighted by atomic mass is 9.83. The number of hydrogen-bond donors (Lipinski definition) is 4. The number of aromatic nitrogens is 10. The number of para-hydroxylation sites is 3. The monoisotopic (exact) mass is 1320 g/mol. The molecule has 500 valence electrons. The summed E-state index contributed by atoms with van der Waals surface area (Å²) in [4.78, 5) is 83.0. The molecule has 3 aliphatic rings. The Kier molecular flexibility index (Phi) is 20.1. The number of ketones is 1. The van der Waals surface area contributed by atoms with Crippen LogP contribution in [0.2, 0.25) is 0 Å². The zero-order valence-corrected chi connectivity index (χ0v) is 54.3. The number of nitrogen functional groups attached to an aromatic ring is 3. The highest BCUT2D eigenvalue weighted by Crippen LogP contribution is 2.40. The van der Waals surface area contributed by atoms with E-state index in [9.17, 15) is 24.0 Å². The highest BCUT2D eigenvalue weighted by Gasteiger charge is 2.34. The number of primary amides is 1. The van der Waals surface area contributed by atoms with Gasteiger partial charge in [0.2, 0.25) is 5.91 Å². The van der Waals surface area contributed by atoms with Gasteiger partial charge in [0.1, 0.15) is 81.3 Å². The molecule has 99 heavy (non-hydrogen) atoms. The Morgan fingerprint density at radius 1 is 0.556 bits per heavy atom. The zero-order valence-electron chi connectivity index (χ0n) is 54.3. The molecule has 0 radical (unpaired) electrons. The summed E-state index contributed by atoms with van der Waals surface area (Å²) in [5.41, 5.74) is 29.2. The van der Waals surface area contributed by atoms with E-state index in [0.717, 1.165) is 60.7 Å². The van der Waals surface area contributed by atoms with E-state index in [4.69, 9.17) is 42.2 Å². The van der Waals surface area contributed by atoms with Gasteiger partial charge in [0, 0.05) is 43.2 Å². The molecular formula is C75H72N16O8. The Morgan fingerprint density at radius 3 is 1.65 bits per heavy atom. The lowest BCUT2D eigenvalue weighted by Gasteiger charge is -2.32. The normalized spacial score (nSPS) is 16.4. The van der Waals surface area contributed by atoms with Crippen molar-refractivity contribution in [2.75, 3.05) is 43.4 Å². The third-order valence-electron chi connectivity index (χ3n) is 17.6. The van der Waals surface area contributed by atoms with Crippen LogP contribution in [0.25, 0.3) is 50.4 Å². The van der Waals surface area contributed by atoms with Crippen LogP contribution in [0, 0.1) is 17.8 Å². The molecule has 3 amide bonds. The second kappa shape index (κ2) is 30.0. The number of carbonyl (C=O) groups excluding carboxylic acids is 4. The fraction of sp³-hybridized carbons (Fsp3) is 0.213. The largest absolute Gasteiger partial charge is 0.457 e. The number of rotatable bonds is 16. The van der Waals surface area contributed by atoms with E-state index in [-0.39, 0.29) is 64.5 Å². The number of likely N-dealkylation sites (tertiary alicyclic amines) is 2. The number of piperidine rings is 1. The molecule has 0 bridgehead atoms. The van der Waals surface area contributed by atoms with Gasteiger partial charge in [0.25, 0.3) is 11.8 Å². The van der Waals surface area contributed by atoms with Crippen molar-refractivity contribution in [2.24, 2.45) is 11.7 Å². The summed E-state index contributed by atoms with van der Waals surface area (Å²) in [6.45, 7) is 11.0. The number of imidazole rings is 1. The molecule has 0 spiro atoms. The number of carbonyl (C=O) groups is 4. The number of amides is 3. The van der Waals surface area contributed by atoms with Gasteiger partial charge in [-0.05, 0) is 173 Å². The third-order valence-corrected chi connectivity index (χ3v) is 17.6. The first-order valence-electron chi connectivity index (χ1n) is 32.4. The summed E-state index contributed by atoms with van der Waals surface area (Å²) in [5.74, 6) is 9.21. The maximum absolute atomic E-state index is 13.6. The van der Waals surface area contributed by atoms with Crippen LogP contribution in [0.15, 0.2) is 207 Å². The van der Waals surface area contributed by atoms with Crippen LogP contribution in [0.4, 0.5) is 17.5 Å². The maximum Gasteiger partial charge on any atom is 0.335 e. The fourth-order valence-electron chi connectivity index (χ4n) is 12.8. The molecule has 24 nitrogen and oxygen atoms in total. The van der Waals surface area contributed by atoms with Crippen molar-refractivity contribution >= 4 is 63.2 Å². The first-order valence-corrected chi connectivity index (χ1v) is 32.4. The van der Waals surface area contributed by atoms with Crippen LogP contribution in [0.1, 0.15) is 80.4 Å². The molecule has 24 heteroatoms. The molecule has 7 heterocycles. The van der Waals surface area contributed by atoms with Crippen molar-refractivity contribution < 1.29 is 33.4 Å². The number of fused-ring (bicyclic) bond motifs is 2. The van der Waals surface area contributed by atoms with Crippen LogP contribution >= 0.6 is 0 Å². The van der Waals surface area contributed by atoms with Gasteiger partial charge in [-0.2, -0.15) is 10.2 Å². The smallest absolute Gasteiger partial charge is 0.335 e. The first-order chi connectivity index (χ1) is 48.2. The second-order valence-corrected chi connectivity index (χ2v) is 23.9. The number of anilines is 3. The summed E-state index contributed by atoms with van der Waals surface area (Å²) in [6, 6.07) is 50.3. The van der Waals surface area contributed by atoms with Gasteiger partial charge in [-0.1, -0.05) is 80.1 Å². The average Bonchev–Trinajstić information content (AvgIpc) is 1.60. The minimum atomic E-state index is -0.636. The van der Waals surface area contributed by atoms with Crippen molar-refractivity contribution in [2.45, 2.75) is 70.0 Å². The fourth-order valence-corrected chi connectivity index (χ4v) is 12.8. The van der Waals surface area contributed by atoms with Crippen LogP contribution in [-0.4, -0.2) is 108 Å². The molecule has 1 aliphatic carbocycles. The van der Waals surface area contributed by atoms with Crippen molar-refractivity contribution in [1.29, 1.82) is 0 Å². The Morgan fingerprint density at radius 2 is 1.08 bits per heavy atom. The molecule has 6 aromatic carbocycles. The lowest BCUT2D eigenvalue weighted by molar-refractivity contribution is -0.127. The van der Waals surface area contributed by atoms with Crippen LogP contribution in [-0.2, 0) is 14.4 Å². The molecule has 4 atom stereocenters. The van der Waals surface area contributed by atoms with Crippen LogP contribution < -0.4 is 42.8 Å². The van der Waals surface area contributed by atoms with Crippen molar-refractivity contribution in [3.8, 4) is 74.5 Å². The third kappa shape index (κ3) is 14.6. The minimum Gasteiger partial charge on any atom is -0.457 e. The number of ether oxygens (including phenoxy) is 3. The minimum absolute atomic E-state index is 0.00566.